The summed E-state index contributed by atoms with van der Waals surface area (Å²) in [5, 5.41) is 7.87. The smallest absolute Gasteiger partial charge is 0.311 e. The van der Waals surface area contributed by atoms with Gasteiger partial charge < -0.3 is 4.74 Å². The first-order valence-corrected chi connectivity index (χ1v) is 5.82. The molecule has 0 radical (unpaired) electrons. The average Bonchev–Trinajstić information content (AvgIpc) is 2.76. The summed E-state index contributed by atoms with van der Waals surface area (Å²) in [5.41, 5.74) is 2.46. The predicted octanol–water partition coefficient (Wildman–Crippen LogP) is 2.61. The Bertz CT molecular complexity index is 587. The van der Waals surface area contributed by atoms with Gasteiger partial charge in [0.1, 0.15) is 0 Å². The summed E-state index contributed by atoms with van der Waals surface area (Å²) < 4.78 is 4.87. The van der Waals surface area contributed by atoms with Crippen LogP contribution in [0.1, 0.15) is 20.3 Å². The van der Waals surface area contributed by atoms with E-state index in [1.165, 1.54) is 0 Å². The molecular formula is C13H15N3O2. The monoisotopic (exact) mass is 245 g/mol. The third-order valence-electron chi connectivity index (χ3n) is 2.45. The van der Waals surface area contributed by atoms with E-state index in [1.54, 1.807) is 13.1 Å². The van der Waals surface area contributed by atoms with E-state index in [-0.39, 0.29) is 12.4 Å². The summed E-state index contributed by atoms with van der Waals surface area (Å²) in [4.78, 5) is 15.7. The number of aromatic nitrogens is 2. The lowest BCUT2D eigenvalue weighted by Crippen LogP contribution is -2.08. The van der Waals surface area contributed by atoms with Crippen molar-refractivity contribution < 1.29 is 9.53 Å². The van der Waals surface area contributed by atoms with E-state index >= 15 is 0 Å². The Morgan fingerprint density at radius 3 is 3.11 bits per heavy atom. The summed E-state index contributed by atoms with van der Waals surface area (Å²) in [6.07, 6.45) is 1.98. The van der Waals surface area contributed by atoms with E-state index in [0.717, 1.165) is 22.3 Å². The minimum absolute atomic E-state index is 0.217. The molecule has 0 amide bonds. The van der Waals surface area contributed by atoms with Gasteiger partial charge in [-0.2, -0.15) is 5.10 Å². The van der Waals surface area contributed by atoms with E-state index in [1.807, 2.05) is 25.1 Å². The summed E-state index contributed by atoms with van der Waals surface area (Å²) in [6.45, 7) is 4.00. The van der Waals surface area contributed by atoms with Crippen LogP contribution in [0.25, 0.3) is 10.9 Å². The van der Waals surface area contributed by atoms with Crippen LogP contribution in [-0.2, 0) is 9.53 Å². The molecule has 2 rings (SSSR count). The van der Waals surface area contributed by atoms with E-state index in [0.29, 0.717) is 6.61 Å². The van der Waals surface area contributed by atoms with Gasteiger partial charge >= 0.3 is 5.97 Å². The molecule has 0 saturated heterocycles. The molecule has 18 heavy (non-hydrogen) atoms. The van der Waals surface area contributed by atoms with Crippen LogP contribution < -0.4 is 0 Å². The first-order chi connectivity index (χ1) is 8.69. The predicted molar refractivity (Wildman–Crippen MR) is 70.1 cm³/mol. The maximum absolute atomic E-state index is 11.3. The molecule has 5 nitrogen and oxygen atoms in total. The zero-order valence-electron chi connectivity index (χ0n) is 10.4. The molecular weight excluding hydrogens is 230 g/mol. The SMILES string of the molecule is CCOC(=O)CC(C)=Nc1ccc2cn[nH]c2c1. The first kappa shape index (κ1) is 12.3. The molecule has 0 saturated carbocycles. The van der Waals surface area contributed by atoms with Crippen molar-refractivity contribution in [2.45, 2.75) is 20.3 Å². The fourth-order valence-corrected chi connectivity index (χ4v) is 1.68. The number of aromatic amines is 1. The number of ether oxygens (including phenoxy) is 1. The van der Waals surface area contributed by atoms with Crippen molar-refractivity contribution in [3.8, 4) is 0 Å². The van der Waals surface area contributed by atoms with Crippen molar-refractivity contribution in [2.75, 3.05) is 6.61 Å². The molecule has 0 aliphatic rings. The Balaban J connectivity index is 2.13. The van der Waals surface area contributed by atoms with Gasteiger partial charge in [0.2, 0.25) is 0 Å². The lowest BCUT2D eigenvalue weighted by molar-refractivity contribution is -0.141. The number of rotatable bonds is 4. The summed E-state index contributed by atoms with van der Waals surface area (Å²) in [7, 11) is 0. The van der Waals surface area contributed by atoms with Gasteiger partial charge in [-0.25, -0.2) is 0 Å². The second-order valence-corrected chi connectivity index (χ2v) is 3.97. The van der Waals surface area contributed by atoms with Crippen molar-refractivity contribution >= 4 is 28.3 Å². The number of H-pyrrole nitrogens is 1. The number of carbonyl (C=O) groups is 1. The Morgan fingerprint density at radius 2 is 2.33 bits per heavy atom. The number of hydrogen-bond acceptors (Lipinski definition) is 4. The van der Waals surface area contributed by atoms with Crippen LogP contribution in [0, 0.1) is 0 Å². The van der Waals surface area contributed by atoms with Crippen molar-refractivity contribution in [3.05, 3.63) is 24.4 Å². The van der Waals surface area contributed by atoms with Crippen molar-refractivity contribution in [2.24, 2.45) is 4.99 Å². The fraction of sp³-hybridized carbons (Fsp3) is 0.308. The van der Waals surface area contributed by atoms with Gasteiger partial charge in [-0.05, 0) is 32.0 Å². The molecule has 94 valence electrons. The van der Waals surface area contributed by atoms with Crippen LogP contribution in [0.3, 0.4) is 0 Å². The number of nitrogens with zero attached hydrogens (tertiary/aromatic N) is 2. The van der Waals surface area contributed by atoms with Gasteiger partial charge in [0.25, 0.3) is 0 Å². The third-order valence-corrected chi connectivity index (χ3v) is 2.45. The quantitative estimate of drug-likeness (QED) is 0.665. The highest BCUT2D eigenvalue weighted by Crippen LogP contribution is 2.19. The number of esters is 1. The molecule has 1 aromatic heterocycles. The van der Waals surface area contributed by atoms with Gasteiger partial charge in [0.15, 0.2) is 0 Å². The second-order valence-electron chi connectivity index (χ2n) is 3.97. The largest absolute Gasteiger partial charge is 0.466 e. The summed E-state index contributed by atoms with van der Waals surface area (Å²) in [5.74, 6) is -0.249. The summed E-state index contributed by atoms with van der Waals surface area (Å²) in [6, 6.07) is 5.73. The molecule has 1 aromatic carbocycles. The van der Waals surface area contributed by atoms with Gasteiger partial charge in [-0.3, -0.25) is 14.9 Å². The van der Waals surface area contributed by atoms with E-state index in [4.69, 9.17) is 4.74 Å². The standard InChI is InChI=1S/C13H15N3O2/c1-3-18-13(17)6-9(2)15-11-5-4-10-8-14-16-12(10)7-11/h4-5,7-8H,3,6H2,1-2H3,(H,14,16). The molecule has 1 N–H and O–H groups in total. The van der Waals surface area contributed by atoms with Crippen LogP contribution in [0.4, 0.5) is 5.69 Å². The lowest BCUT2D eigenvalue weighted by atomic mass is 10.2. The molecule has 5 heteroatoms. The molecule has 0 aliphatic carbocycles. The highest BCUT2D eigenvalue weighted by molar-refractivity contribution is 5.99. The van der Waals surface area contributed by atoms with Crippen LogP contribution in [-0.4, -0.2) is 28.5 Å². The molecule has 2 aromatic rings. The Hall–Kier alpha value is -2.17. The zero-order chi connectivity index (χ0) is 13.0. The average molecular weight is 245 g/mol. The number of fused-ring (bicyclic) bond motifs is 1. The Morgan fingerprint density at radius 1 is 1.50 bits per heavy atom. The number of hydrogen-bond donors (Lipinski definition) is 1. The van der Waals surface area contributed by atoms with Crippen molar-refractivity contribution in [3.63, 3.8) is 0 Å². The lowest BCUT2D eigenvalue weighted by Gasteiger charge is -2.01. The number of nitrogens with one attached hydrogen (secondary N) is 1. The Kier molecular flexibility index (Phi) is 3.72. The third kappa shape index (κ3) is 2.94. The minimum Gasteiger partial charge on any atom is -0.466 e. The highest BCUT2D eigenvalue weighted by atomic mass is 16.5. The van der Waals surface area contributed by atoms with Gasteiger partial charge in [-0.1, -0.05) is 0 Å². The number of aliphatic imine (C=N–C) groups is 1. The number of benzene rings is 1. The summed E-state index contributed by atoms with van der Waals surface area (Å²) >= 11 is 0. The van der Waals surface area contributed by atoms with Crippen LogP contribution in [0.2, 0.25) is 0 Å². The van der Waals surface area contributed by atoms with E-state index in [2.05, 4.69) is 15.2 Å². The fourth-order valence-electron chi connectivity index (χ4n) is 1.68. The van der Waals surface area contributed by atoms with Crippen molar-refractivity contribution in [1.82, 2.24) is 10.2 Å². The first-order valence-electron chi connectivity index (χ1n) is 5.82. The van der Waals surface area contributed by atoms with Gasteiger partial charge in [0, 0.05) is 11.1 Å². The molecule has 0 bridgehead atoms. The topological polar surface area (TPSA) is 67.3 Å². The second kappa shape index (κ2) is 5.44. The molecule has 0 unspecified atom stereocenters. The molecule has 0 aliphatic heterocycles. The normalized spacial score (nSPS) is 11.8. The van der Waals surface area contributed by atoms with Crippen LogP contribution >= 0.6 is 0 Å². The molecule has 1 heterocycles. The van der Waals surface area contributed by atoms with Crippen LogP contribution in [0.15, 0.2) is 29.4 Å². The highest BCUT2D eigenvalue weighted by Gasteiger charge is 2.04. The number of carbonyl (C=O) groups excluding carboxylic acids is 1. The van der Waals surface area contributed by atoms with Gasteiger partial charge in [0.05, 0.1) is 30.4 Å². The van der Waals surface area contributed by atoms with E-state index in [9.17, 15) is 4.79 Å². The van der Waals surface area contributed by atoms with Crippen molar-refractivity contribution in [1.29, 1.82) is 0 Å². The maximum atomic E-state index is 11.3. The molecule has 0 fully saturated rings. The van der Waals surface area contributed by atoms with Crippen LogP contribution in [0.5, 0.6) is 0 Å². The minimum atomic E-state index is -0.249. The Labute approximate surface area is 105 Å². The molecule has 0 atom stereocenters. The van der Waals surface area contributed by atoms with E-state index < -0.39 is 0 Å². The zero-order valence-corrected chi connectivity index (χ0v) is 10.4. The maximum Gasteiger partial charge on any atom is 0.311 e. The molecule has 0 spiro atoms. The van der Waals surface area contributed by atoms with Gasteiger partial charge in [-0.15, -0.1) is 0 Å².